The Labute approximate surface area is 64.1 Å². The molecule has 1 N–H and O–H groups in total. The number of carboxylic acid groups (broad SMARTS) is 1. The molecule has 60 valence electrons. The van der Waals surface area contributed by atoms with Crippen molar-refractivity contribution in [3.05, 3.63) is 12.7 Å². The van der Waals surface area contributed by atoms with E-state index in [4.69, 9.17) is 5.11 Å². The van der Waals surface area contributed by atoms with Crippen molar-refractivity contribution in [2.45, 2.75) is 12.5 Å². The first-order valence-corrected chi connectivity index (χ1v) is 3.30. The van der Waals surface area contributed by atoms with E-state index >= 15 is 0 Å². The van der Waals surface area contributed by atoms with Crippen LogP contribution in [0.4, 0.5) is 4.79 Å². The summed E-state index contributed by atoms with van der Waals surface area (Å²) in [6, 6.07) is -0.468. The minimum atomic E-state index is -1.03. The number of rotatable bonds is 2. The second-order valence-corrected chi connectivity index (χ2v) is 2.42. The molecular weight excluding hydrogens is 146 g/mol. The van der Waals surface area contributed by atoms with Gasteiger partial charge in [0.2, 0.25) is 0 Å². The number of carbonyl (C=O) groups excluding carboxylic acids is 1. The van der Waals surface area contributed by atoms with Crippen LogP contribution in [0.15, 0.2) is 12.7 Å². The highest BCUT2D eigenvalue weighted by Gasteiger charge is 2.39. The lowest BCUT2D eigenvalue weighted by Crippen LogP contribution is -2.58. The van der Waals surface area contributed by atoms with Crippen LogP contribution in [0.3, 0.4) is 0 Å². The van der Waals surface area contributed by atoms with E-state index in [2.05, 4.69) is 6.58 Å². The van der Waals surface area contributed by atoms with Gasteiger partial charge in [-0.2, -0.15) is 0 Å². The zero-order valence-electron chi connectivity index (χ0n) is 5.99. The van der Waals surface area contributed by atoms with E-state index in [1.54, 1.807) is 6.08 Å². The van der Waals surface area contributed by atoms with Crippen molar-refractivity contribution in [3.63, 3.8) is 0 Å². The van der Waals surface area contributed by atoms with Crippen molar-refractivity contribution in [2.75, 3.05) is 6.54 Å². The summed E-state index contributed by atoms with van der Waals surface area (Å²) in [4.78, 5) is 22.2. The molecule has 0 aromatic heterocycles. The van der Waals surface area contributed by atoms with Gasteiger partial charge in [0.1, 0.15) is 0 Å². The SMILES string of the molecule is C=CC[C@H]1C(=O)CN1C(=O)O. The number of hydrogen-bond donors (Lipinski definition) is 1. The molecular formula is C7H9NO3. The van der Waals surface area contributed by atoms with Crippen molar-refractivity contribution >= 4 is 11.9 Å². The zero-order valence-corrected chi connectivity index (χ0v) is 5.99. The number of carbonyl (C=O) groups is 2. The molecule has 4 heteroatoms. The van der Waals surface area contributed by atoms with Crippen LogP contribution in [0.1, 0.15) is 6.42 Å². The lowest BCUT2D eigenvalue weighted by molar-refractivity contribution is -0.133. The molecule has 11 heavy (non-hydrogen) atoms. The van der Waals surface area contributed by atoms with E-state index in [1.807, 2.05) is 0 Å². The maximum Gasteiger partial charge on any atom is 0.408 e. The van der Waals surface area contributed by atoms with E-state index in [-0.39, 0.29) is 12.3 Å². The Bertz CT molecular complexity index is 212. The number of Topliss-reactive ketones (excluding diaryl/α,β-unsaturated/α-hetero) is 1. The average molecular weight is 155 g/mol. The van der Waals surface area contributed by atoms with E-state index in [9.17, 15) is 9.59 Å². The maximum absolute atomic E-state index is 10.8. The number of ketones is 1. The van der Waals surface area contributed by atoms with Crippen LogP contribution in [-0.2, 0) is 4.79 Å². The summed E-state index contributed by atoms with van der Waals surface area (Å²) < 4.78 is 0. The second-order valence-electron chi connectivity index (χ2n) is 2.42. The van der Waals surface area contributed by atoms with Gasteiger partial charge < -0.3 is 5.11 Å². The van der Waals surface area contributed by atoms with Crippen molar-refractivity contribution in [1.29, 1.82) is 0 Å². The molecule has 0 aromatic rings. The Morgan fingerprint density at radius 2 is 2.55 bits per heavy atom. The molecule has 0 unspecified atom stereocenters. The molecule has 1 fully saturated rings. The van der Waals surface area contributed by atoms with Gasteiger partial charge >= 0.3 is 6.09 Å². The van der Waals surface area contributed by atoms with Gasteiger partial charge in [0.05, 0.1) is 12.6 Å². The van der Waals surface area contributed by atoms with Crippen LogP contribution < -0.4 is 0 Å². The van der Waals surface area contributed by atoms with E-state index in [0.717, 1.165) is 4.90 Å². The van der Waals surface area contributed by atoms with Crippen molar-refractivity contribution in [3.8, 4) is 0 Å². The van der Waals surface area contributed by atoms with Gasteiger partial charge in [0, 0.05) is 0 Å². The molecule has 1 saturated heterocycles. The topological polar surface area (TPSA) is 57.6 Å². The lowest BCUT2D eigenvalue weighted by atomic mass is 9.99. The van der Waals surface area contributed by atoms with Crippen molar-refractivity contribution in [2.24, 2.45) is 0 Å². The van der Waals surface area contributed by atoms with E-state index < -0.39 is 12.1 Å². The number of likely N-dealkylation sites (tertiary alicyclic amines) is 1. The van der Waals surface area contributed by atoms with Gasteiger partial charge in [0.25, 0.3) is 0 Å². The standard InChI is InChI=1S/C7H9NO3/c1-2-3-5-6(9)4-8(5)7(10)11/h2,5H,1,3-4H2,(H,10,11)/t5-/m0/s1. The van der Waals surface area contributed by atoms with E-state index in [1.165, 1.54) is 0 Å². The lowest BCUT2D eigenvalue weighted by Gasteiger charge is -2.36. The largest absolute Gasteiger partial charge is 0.465 e. The Balaban J connectivity index is 2.54. The molecule has 0 radical (unpaired) electrons. The quantitative estimate of drug-likeness (QED) is 0.590. The summed E-state index contributed by atoms with van der Waals surface area (Å²) in [6.45, 7) is 3.47. The molecule has 1 rings (SSSR count). The minimum Gasteiger partial charge on any atom is -0.465 e. The minimum absolute atomic E-state index is 0.0210. The summed E-state index contributed by atoms with van der Waals surface area (Å²) in [5.74, 6) is -0.0210. The predicted molar refractivity (Wildman–Crippen MR) is 38.3 cm³/mol. The fourth-order valence-corrected chi connectivity index (χ4v) is 1.06. The Morgan fingerprint density at radius 1 is 1.91 bits per heavy atom. The van der Waals surface area contributed by atoms with Crippen molar-refractivity contribution < 1.29 is 14.7 Å². The summed E-state index contributed by atoms with van der Waals surface area (Å²) in [7, 11) is 0. The van der Waals surface area contributed by atoms with Crippen LogP contribution in [0.5, 0.6) is 0 Å². The average Bonchev–Trinajstić information content (AvgIpc) is 1.95. The molecule has 0 aliphatic carbocycles. The van der Waals surface area contributed by atoms with Gasteiger partial charge in [-0.3, -0.25) is 9.69 Å². The molecule has 1 aliphatic rings. The molecule has 1 amide bonds. The summed E-state index contributed by atoms with van der Waals surface area (Å²) in [5.41, 5.74) is 0. The van der Waals surface area contributed by atoms with Gasteiger partial charge in [-0.15, -0.1) is 6.58 Å². The fourth-order valence-electron chi connectivity index (χ4n) is 1.06. The van der Waals surface area contributed by atoms with Gasteiger partial charge in [0.15, 0.2) is 5.78 Å². The second kappa shape index (κ2) is 2.74. The zero-order chi connectivity index (χ0) is 8.43. The van der Waals surface area contributed by atoms with E-state index in [0.29, 0.717) is 6.42 Å². The normalized spacial score (nSPS) is 22.7. The molecule has 0 aromatic carbocycles. The van der Waals surface area contributed by atoms with Crippen molar-refractivity contribution in [1.82, 2.24) is 4.90 Å². The van der Waals surface area contributed by atoms with Crippen LogP contribution in [0, 0.1) is 0 Å². The van der Waals surface area contributed by atoms with Crippen LogP contribution in [-0.4, -0.2) is 34.5 Å². The van der Waals surface area contributed by atoms with Gasteiger partial charge in [-0.25, -0.2) is 4.79 Å². The molecule has 4 nitrogen and oxygen atoms in total. The van der Waals surface area contributed by atoms with Crippen LogP contribution >= 0.6 is 0 Å². The number of hydrogen-bond acceptors (Lipinski definition) is 2. The smallest absolute Gasteiger partial charge is 0.408 e. The van der Waals surface area contributed by atoms with Crippen LogP contribution in [0.2, 0.25) is 0 Å². The molecule has 1 aliphatic heterocycles. The third kappa shape index (κ3) is 1.24. The molecule has 0 spiro atoms. The monoisotopic (exact) mass is 155 g/mol. The number of nitrogens with zero attached hydrogens (tertiary/aromatic N) is 1. The third-order valence-electron chi connectivity index (χ3n) is 1.71. The summed E-state index contributed by atoms with van der Waals surface area (Å²) >= 11 is 0. The molecule has 0 saturated carbocycles. The Hall–Kier alpha value is -1.32. The molecule has 1 atom stereocenters. The summed E-state index contributed by atoms with van der Waals surface area (Å²) in [6.07, 6.45) is 0.944. The number of amides is 1. The first kappa shape index (κ1) is 7.78. The third-order valence-corrected chi connectivity index (χ3v) is 1.71. The molecule has 1 heterocycles. The van der Waals surface area contributed by atoms with Crippen LogP contribution in [0.25, 0.3) is 0 Å². The maximum atomic E-state index is 10.8. The molecule has 0 bridgehead atoms. The Kier molecular flexibility index (Phi) is 1.94. The first-order valence-electron chi connectivity index (χ1n) is 3.30. The predicted octanol–water partition coefficient (Wildman–Crippen LogP) is 0.494. The Morgan fingerprint density at radius 3 is 2.91 bits per heavy atom. The highest BCUT2D eigenvalue weighted by molar-refractivity contribution is 5.97. The van der Waals surface area contributed by atoms with Gasteiger partial charge in [-0.1, -0.05) is 6.08 Å². The highest BCUT2D eigenvalue weighted by atomic mass is 16.4. The summed E-state index contributed by atoms with van der Waals surface area (Å²) in [5, 5.41) is 8.49. The fraction of sp³-hybridized carbons (Fsp3) is 0.429. The first-order chi connectivity index (χ1) is 5.16. The highest BCUT2D eigenvalue weighted by Crippen LogP contribution is 2.16. The van der Waals surface area contributed by atoms with Gasteiger partial charge in [-0.05, 0) is 6.42 Å².